The Labute approximate surface area is 97.0 Å². The molecule has 2 nitrogen and oxygen atoms in total. The van der Waals surface area contributed by atoms with Gasteiger partial charge in [0.2, 0.25) is 0 Å². The zero-order valence-corrected chi connectivity index (χ0v) is 11.5. The maximum absolute atomic E-state index is 11.1. The molecule has 3 atom stereocenters. The molecule has 0 aromatic rings. The minimum Gasteiger partial charge on any atom is -0.313 e. The molecule has 3 heteroatoms. The van der Waals surface area contributed by atoms with Crippen molar-refractivity contribution in [3.8, 4) is 0 Å². The van der Waals surface area contributed by atoms with Crippen molar-refractivity contribution in [1.29, 1.82) is 0 Å². The quantitative estimate of drug-likeness (QED) is 0.682. The first-order valence-corrected chi connectivity index (χ1v) is 7.24. The van der Waals surface area contributed by atoms with Gasteiger partial charge < -0.3 is 5.32 Å². The van der Waals surface area contributed by atoms with E-state index in [9.17, 15) is 4.21 Å². The predicted octanol–water partition coefficient (Wildman–Crippen LogP) is 2.48. The first-order chi connectivity index (χ1) is 6.93. The van der Waals surface area contributed by atoms with Gasteiger partial charge in [0.05, 0.1) is 0 Å². The molecule has 1 N–H and O–H groups in total. The summed E-state index contributed by atoms with van der Waals surface area (Å²) in [4.78, 5) is 0. The van der Waals surface area contributed by atoms with E-state index in [2.05, 4.69) is 32.2 Å². The van der Waals surface area contributed by atoms with E-state index in [1.165, 1.54) is 5.57 Å². The van der Waals surface area contributed by atoms with Gasteiger partial charge in [0.25, 0.3) is 0 Å². The van der Waals surface area contributed by atoms with Crippen molar-refractivity contribution in [1.82, 2.24) is 5.32 Å². The Kier molecular flexibility index (Phi) is 7.97. The van der Waals surface area contributed by atoms with Gasteiger partial charge in [-0.05, 0) is 40.5 Å². The summed E-state index contributed by atoms with van der Waals surface area (Å²) >= 11 is 0. The Hall–Kier alpha value is -0.150. The monoisotopic (exact) mass is 231 g/mol. The van der Waals surface area contributed by atoms with Crippen LogP contribution in [-0.4, -0.2) is 28.3 Å². The van der Waals surface area contributed by atoms with Gasteiger partial charge >= 0.3 is 0 Å². The summed E-state index contributed by atoms with van der Waals surface area (Å²) in [6, 6.07) is 0.506. The first kappa shape index (κ1) is 14.8. The highest BCUT2D eigenvalue weighted by molar-refractivity contribution is 7.84. The molecule has 0 aliphatic rings. The maximum atomic E-state index is 11.1. The fraction of sp³-hybridized carbons (Fsp3) is 0.833. The van der Waals surface area contributed by atoms with Crippen molar-refractivity contribution in [2.45, 2.75) is 51.8 Å². The Bertz CT molecular complexity index is 222. The minimum atomic E-state index is -0.714. The van der Waals surface area contributed by atoms with Crippen LogP contribution < -0.4 is 5.32 Å². The fourth-order valence-electron chi connectivity index (χ4n) is 1.21. The third-order valence-electron chi connectivity index (χ3n) is 2.47. The summed E-state index contributed by atoms with van der Waals surface area (Å²) < 4.78 is 11.1. The van der Waals surface area contributed by atoms with Gasteiger partial charge in [-0.15, -0.1) is 0 Å². The highest BCUT2D eigenvalue weighted by atomic mass is 32.2. The lowest BCUT2D eigenvalue weighted by Gasteiger charge is -2.15. The molecular formula is C12H25NOS. The van der Waals surface area contributed by atoms with Gasteiger partial charge in [-0.3, -0.25) is 4.21 Å². The van der Waals surface area contributed by atoms with Gasteiger partial charge in [-0.2, -0.15) is 0 Å². The molecule has 0 amide bonds. The van der Waals surface area contributed by atoms with E-state index in [4.69, 9.17) is 0 Å². The van der Waals surface area contributed by atoms with Crippen molar-refractivity contribution in [3.05, 3.63) is 11.6 Å². The van der Waals surface area contributed by atoms with Crippen LogP contribution in [0.1, 0.15) is 40.5 Å². The molecule has 0 aromatic heterocycles. The van der Waals surface area contributed by atoms with E-state index in [-0.39, 0.29) is 5.25 Å². The highest BCUT2D eigenvalue weighted by Gasteiger charge is 2.07. The molecule has 0 saturated carbocycles. The molecular weight excluding hydrogens is 206 g/mol. The molecule has 0 aliphatic carbocycles. The number of nitrogens with one attached hydrogen (secondary N) is 1. The lowest BCUT2D eigenvalue weighted by Crippen LogP contribution is -2.34. The Balaban J connectivity index is 3.62. The van der Waals surface area contributed by atoms with Gasteiger partial charge in [-0.25, -0.2) is 0 Å². The molecule has 0 aliphatic heterocycles. The Morgan fingerprint density at radius 2 is 2.00 bits per heavy atom. The van der Waals surface area contributed by atoms with E-state index in [1.807, 2.05) is 6.92 Å². The standard InChI is InChI=1S/C12H25NOS/c1-10(2)7-6-8-11(3)13-9-12(4)15(5)14/h7,11-13H,6,8-9H2,1-5H3. The van der Waals surface area contributed by atoms with E-state index >= 15 is 0 Å². The normalized spacial score (nSPS) is 16.9. The molecule has 0 heterocycles. The molecule has 0 bridgehead atoms. The fourth-order valence-corrected chi connectivity index (χ4v) is 1.54. The highest BCUT2D eigenvalue weighted by Crippen LogP contribution is 2.01. The van der Waals surface area contributed by atoms with E-state index in [0.29, 0.717) is 6.04 Å². The van der Waals surface area contributed by atoms with Crippen LogP contribution in [0.3, 0.4) is 0 Å². The summed E-state index contributed by atoms with van der Waals surface area (Å²) in [5, 5.41) is 3.66. The first-order valence-electron chi connectivity index (χ1n) is 5.62. The molecule has 0 aromatic carbocycles. The Morgan fingerprint density at radius 1 is 1.40 bits per heavy atom. The summed E-state index contributed by atoms with van der Waals surface area (Å²) in [6.45, 7) is 9.30. The smallest absolute Gasteiger partial charge is 0.0441 e. The van der Waals surface area contributed by atoms with Crippen LogP contribution in [0.15, 0.2) is 11.6 Å². The third kappa shape index (κ3) is 8.82. The van der Waals surface area contributed by atoms with Crippen LogP contribution in [0, 0.1) is 0 Å². The van der Waals surface area contributed by atoms with E-state index in [0.717, 1.165) is 19.4 Å². The average Bonchev–Trinajstić information content (AvgIpc) is 2.13. The third-order valence-corrected chi connectivity index (χ3v) is 3.77. The number of hydrogen-bond acceptors (Lipinski definition) is 2. The number of allylic oxidation sites excluding steroid dienone is 2. The molecule has 90 valence electrons. The van der Waals surface area contributed by atoms with Crippen LogP contribution in [0.2, 0.25) is 0 Å². The summed E-state index contributed by atoms with van der Waals surface area (Å²) in [5.41, 5.74) is 1.38. The maximum Gasteiger partial charge on any atom is 0.0441 e. The van der Waals surface area contributed by atoms with Crippen LogP contribution >= 0.6 is 0 Å². The summed E-state index contributed by atoms with van der Waals surface area (Å²) in [6.07, 6.45) is 6.30. The molecule has 0 fully saturated rings. The summed E-state index contributed by atoms with van der Waals surface area (Å²) in [7, 11) is -0.714. The zero-order valence-electron chi connectivity index (χ0n) is 10.7. The largest absolute Gasteiger partial charge is 0.313 e. The predicted molar refractivity (Wildman–Crippen MR) is 69.7 cm³/mol. The molecule has 15 heavy (non-hydrogen) atoms. The lowest BCUT2D eigenvalue weighted by atomic mass is 10.1. The van der Waals surface area contributed by atoms with E-state index < -0.39 is 10.8 Å². The van der Waals surface area contributed by atoms with Crippen LogP contribution in [0.25, 0.3) is 0 Å². The van der Waals surface area contributed by atoms with Crippen LogP contribution in [-0.2, 0) is 10.8 Å². The van der Waals surface area contributed by atoms with Crippen molar-refractivity contribution in [2.75, 3.05) is 12.8 Å². The van der Waals surface area contributed by atoms with Crippen molar-refractivity contribution in [2.24, 2.45) is 0 Å². The molecule has 0 saturated heterocycles. The second-order valence-electron chi connectivity index (χ2n) is 4.48. The van der Waals surface area contributed by atoms with E-state index in [1.54, 1.807) is 6.26 Å². The summed E-state index contributed by atoms with van der Waals surface area (Å²) in [5.74, 6) is 0. The van der Waals surface area contributed by atoms with Gasteiger partial charge in [0.1, 0.15) is 0 Å². The molecule has 3 unspecified atom stereocenters. The average molecular weight is 231 g/mol. The van der Waals surface area contributed by atoms with Gasteiger partial charge in [0.15, 0.2) is 0 Å². The number of rotatable bonds is 7. The topological polar surface area (TPSA) is 29.1 Å². The van der Waals surface area contributed by atoms with Crippen molar-refractivity contribution < 1.29 is 4.21 Å². The Morgan fingerprint density at radius 3 is 2.47 bits per heavy atom. The lowest BCUT2D eigenvalue weighted by molar-refractivity contribution is 0.517. The van der Waals surface area contributed by atoms with Crippen LogP contribution in [0.5, 0.6) is 0 Å². The SMILES string of the molecule is CC(C)=CCCC(C)NCC(C)S(C)=O. The molecule has 0 spiro atoms. The van der Waals surface area contributed by atoms with Gasteiger partial charge in [0, 0.05) is 34.9 Å². The van der Waals surface area contributed by atoms with Crippen molar-refractivity contribution in [3.63, 3.8) is 0 Å². The second-order valence-corrected chi connectivity index (χ2v) is 6.28. The second kappa shape index (κ2) is 8.05. The molecule has 0 rings (SSSR count). The minimum absolute atomic E-state index is 0.246. The van der Waals surface area contributed by atoms with Crippen LogP contribution in [0.4, 0.5) is 0 Å². The molecule has 0 radical (unpaired) electrons. The number of hydrogen-bond donors (Lipinski definition) is 1. The zero-order chi connectivity index (χ0) is 11.8. The van der Waals surface area contributed by atoms with Crippen molar-refractivity contribution >= 4 is 10.8 Å². The van der Waals surface area contributed by atoms with Gasteiger partial charge in [-0.1, -0.05) is 11.6 Å².